The van der Waals surface area contributed by atoms with Crippen LogP contribution in [0.1, 0.15) is 27.2 Å². The molecule has 0 bridgehead atoms. The summed E-state index contributed by atoms with van der Waals surface area (Å²) in [6.07, 6.45) is 0.954. The van der Waals surface area contributed by atoms with E-state index >= 15 is 0 Å². The van der Waals surface area contributed by atoms with Gasteiger partial charge < -0.3 is 9.26 Å². The standard InChI is InChI=1S/C9H19O4PS/c1-5-8(2)15-14(4,11)13-7-6-12-9(3)10/h8H,5-7H2,1-4H3. The van der Waals surface area contributed by atoms with Crippen molar-refractivity contribution in [3.8, 4) is 0 Å². The van der Waals surface area contributed by atoms with E-state index in [0.29, 0.717) is 5.25 Å². The monoisotopic (exact) mass is 254 g/mol. The van der Waals surface area contributed by atoms with Crippen LogP contribution in [0.5, 0.6) is 0 Å². The number of hydrogen-bond acceptors (Lipinski definition) is 5. The summed E-state index contributed by atoms with van der Waals surface area (Å²) in [4.78, 5) is 10.4. The number of carbonyl (C=O) groups excluding carboxylic acids is 1. The fraction of sp³-hybridized carbons (Fsp3) is 0.889. The second kappa shape index (κ2) is 7.31. The lowest BCUT2D eigenvalue weighted by molar-refractivity contribution is -0.141. The van der Waals surface area contributed by atoms with E-state index in [4.69, 9.17) is 4.52 Å². The summed E-state index contributed by atoms with van der Waals surface area (Å²) in [6.45, 7) is 4.73. The lowest BCUT2D eigenvalue weighted by atomic mass is 10.4. The van der Waals surface area contributed by atoms with Gasteiger partial charge in [-0.3, -0.25) is 9.36 Å². The molecule has 0 aromatic carbocycles. The third-order valence-electron chi connectivity index (χ3n) is 1.66. The molecular weight excluding hydrogens is 235 g/mol. The number of hydrogen-bond donors (Lipinski definition) is 0. The highest BCUT2D eigenvalue weighted by Crippen LogP contribution is 2.58. The van der Waals surface area contributed by atoms with Crippen LogP contribution in [0.3, 0.4) is 0 Å². The van der Waals surface area contributed by atoms with Crippen molar-refractivity contribution in [2.45, 2.75) is 32.4 Å². The lowest BCUT2D eigenvalue weighted by Gasteiger charge is -2.16. The summed E-state index contributed by atoms with van der Waals surface area (Å²) in [6, 6.07) is 0. The van der Waals surface area contributed by atoms with Crippen molar-refractivity contribution in [2.24, 2.45) is 0 Å². The summed E-state index contributed by atoms with van der Waals surface area (Å²) in [7, 11) is 0. The molecule has 6 heteroatoms. The Morgan fingerprint density at radius 2 is 2.07 bits per heavy atom. The molecule has 0 fully saturated rings. The fourth-order valence-electron chi connectivity index (χ4n) is 0.820. The number of rotatable bonds is 7. The molecule has 0 rings (SSSR count). The molecule has 2 unspecified atom stereocenters. The van der Waals surface area contributed by atoms with Crippen LogP contribution in [0.15, 0.2) is 0 Å². The minimum Gasteiger partial charge on any atom is -0.463 e. The van der Waals surface area contributed by atoms with Crippen molar-refractivity contribution in [1.29, 1.82) is 0 Å². The van der Waals surface area contributed by atoms with E-state index in [0.717, 1.165) is 6.42 Å². The maximum Gasteiger partial charge on any atom is 0.302 e. The Bertz CT molecular complexity index is 244. The van der Waals surface area contributed by atoms with Gasteiger partial charge in [-0.1, -0.05) is 25.2 Å². The van der Waals surface area contributed by atoms with Crippen molar-refractivity contribution in [3.05, 3.63) is 0 Å². The van der Waals surface area contributed by atoms with Gasteiger partial charge in [-0.25, -0.2) is 0 Å². The summed E-state index contributed by atoms with van der Waals surface area (Å²) < 4.78 is 21.7. The Balaban J connectivity index is 3.74. The highest BCUT2D eigenvalue weighted by atomic mass is 32.7. The molecule has 0 aliphatic rings. The minimum absolute atomic E-state index is 0.161. The van der Waals surface area contributed by atoms with Crippen molar-refractivity contribution in [3.63, 3.8) is 0 Å². The minimum atomic E-state index is -2.60. The molecule has 0 saturated carbocycles. The summed E-state index contributed by atoms with van der Waals surface area (Å²) in [5.41, 5.74) is 0. The van der Waals surface area contributed by atoms with Crippen LogP contribution in [0.2, 0.25) is 0 Å². The second-order valence-electron chi connectivity index (χ2n) is 3.27. The Kier molecular flexibility index (Phi) is 7.32. The van der Waals surface area contributed by atoms with Crippen molar-refractivity contribution >= 4 is 23.9 Å². The molecule has 0 N–H and O–H groups in total. The van der Waals surface area contributed by atoms with Crippen LogP contribution in [0.4, 0.5) is 0 Å². The normalized spacial score (nSPS) is 16.8. The van der Waals surface area contributed by atoms with Gasteiger partial charge in [0.05, 0.1) is 6.61 Å². The van der Waals surface area contributed by atoms with Crippen LogP contribution in [0.25, 0.3) is 0 Å². The average molecular weight is 254 g/mol. The molecule has 0 saturated heterocycles. The summed E-state index contributed by atoms with van der Waals surface area (Å²) in [5.74, 6) is -0.348. The van der Waals surface area contributed by atoms with Crippen LogP contribution >= 0.6 is 18.0 Å². The van der Waals surface area contributed by atoms with Gasteiger partial charge in [-0.05, 0) is 6.42 Å². The van der Waals surface area contributed by atoms with E-state index in [1.165, 1.54) is 18.3 Å². The lowest BCUT2D eigenvalue weighted by Crippen LogP contribution is -2.06. The highest BCUT2D eigenvalue weighted by Gasteiger charge is 2.19. The molecule has 0 aromatic heterocycles. The Hall–Kier alpha value is 0.0100. The predicted octanol–water partition coefficient (Wildman–Crippen LogP) is 2.92. The molecule has 0 aliphatic carbocycles. The Morgan fingerprint density at radius 1 is 1.47 bits per heavy atom. The Labute approximate surface area is 95.3 Å². The fourth-order valence-corrected chi connectivity index (χ4v) is 4.90. The van der Waals surface area contributed by atoms with Gasteiger partial charge in [-0.2, -0.15) is 0 Å². The Morgan fingerprint density at radius 3 is 2.53 bits per heavy atom. The third kappa shape index (κ3) is 8.97. The topological polar surface area (TPSA) is 52.6 Å². The van der Waals surface area contributed by atoms with Gasteiger partial charge in [0.15, 0.2) is 0 Å². The summed E-state index contributed by atoms with van der Waals surface area (Å²) in [5, 5.41) is 0.314. The molecule has 90 valence electrons. The maximum atomic E-state index is 11.8. The van der Waals surface area contributed by atoms with E-state index < -0.39 is 6.57 Å². The highest BCUT2D eigenvalue weighted by molar-refractivity contribution is 8.56. The predicted molar refractivity (Wildman–Crippen MR) is 63.5 cm³/mol. The number of esters is 1. The third-order valence-corrected chi connectivity index (χ3v) is 5.93. The largest absolute Gasteiger partial charge is 0.463 e. The van der Waals surface area contributed by atoms with Crippen molar-refractivity contribution < 1.29 is 18.6 Å². The first-order valence-corrected chi connectivity index (χ1v) is 8.47. The van der Waals surface area contributed by atoms with Crippen LogP contribution in [-0.4, -0.2) is 31.1 Å². The molecule has 0 aliphatic heterocycles. The van der Waals surface area contributed by atoms with E-state index in [2.05, 4.69) is 4.74 Å². The molecule has 15 heavy (non-hydrogen) atoms. The molecule has 0 spiro atoms. The first-order chi connectivity index (χ1) is 6.87. The maximum absolute atomic E-state index is 11.8. The zero-order valence-corrected chi connectivity index (χ0v) is 11.4. The molecule has 2 atom stereocenters. The van der Waals surface area contributed by atoms with E-state index in [1.54, 1.807) is 6.66 Å². The zero-order chi connectivity index (χ0) is 11.9. The van der Waals surface area contributed by atoms with Crippen LogP contribution in [0, 0.1) is 0 Å². The van der Waals surface area contributed by atoms with Gasteiger partial charge >= 0.3 is 5.97 Å². The first kappa shape index (κ1) is 15.0. The summed E-state index contributed by atoms with van der Waals surface area (Å²) >= 11 is 1.35. The van der Waals surface area contributed by atoms with Gasteiger partial charge in [-0.15, -0.1) is 0 Å². The molecular formula is C9H19O4PS. The van der Waals surface area contributed by atoms with Gasteiger partial charge in [0.1, 0.15) is 6.61 Å². The number of carbonyl (C=O) groups is 1. The molecule has 0 heterocycles. The van der Waals surface area contributed by atoms with Gasteiger partial charge in [0, 0.05) is 18.8 Å². The van der Waals surface area contributed by atoms with Crippen LogP contribution in [-0.2, 0) is 18.6 Å². The van der Waals surface area contributed by atoms with Crippen LogP contribution < -0.4 is 0 Å². The van der Waals surface area contributed by atoms with Gasteiger partial charge in [0.2, 0.25) is 0 Å². The molecule has 0 amide bonds. The number of ether oxygens (including phenoxy) is 1. The SMILES string of the molecule is CCC(C)SP(C)(=O)OCCOC(C)=O. The van der Waals surface area contributed by atoms with E-state index in [-0.39, 0.29) is 19.2 Å². The van der Waals surface area contributed by atoms with Crippen molar-refractivity contribution in [2.75, 3.05) is 19.9 Å². The quantitative estimate of drug-likeness (QED) is 0.397. The molecule has 4 nitrogen and oxygen atoms in total. The smallest absolute Gasteiger partial charge is 0.302 e. The van der Waals surface area contributed by atoms with Crippen molar-refractivity contribution in [1.82, 2.24) is 0 Å². The average Bonchev–Trinajstić information content (AvgIpc) is 2.11. The van der Waals surface area contributed by atoms with Gasteiger partial charge in [0.25, 0.3) is 6.57 Å². The molecule has 0 aromatic rings. The van der Waals surface area contributed by atoms with E-state index in [1.807, 2.05) is 13.8 Å². The first-order valence-electron chi connectivity index (χ1n) is 4.91. The molecule has 0 radical (unpaired) electrons. The second-order valence-corrected chi connectivity index (χ2v) is 8.71. The van der Waals surface area contributed by atoms with E-state index in [9.17, 15) is 9.36 Å². The zero-order valence-electron chi connectivity index (χ0n) is 9.69.